The van der Waals surface area contributed by atoms with Crippen LogP contribution in [0.2, 0.25) is 0 Å². The zero-order valence-electron chi connectivity index (χ0n) is 23.0. The van der Waals surface area contributed by atoms with Gasteiger partial charge < -0.3 is 19.5 Å². The first kappa shape index (κ1) is 26.1. The van der Waals surface area contributed by atoms with Gasteiger partial charge in [0.05, 0.1) is 12.4 Å². The number of rotatable bonds is 5. The van der Waals surface area contributed by atoms with Crippen molar-refractivity contribution in [3.8, 4) is 0 Å². The maximum Gasteiger partial charge on any atom is 0.407 e. The number of carbonyl (C=O) groups is 1. The molecule has 3 saturated carbocycles. The first-order valence-corrected chi connectivity index (χ1v) is 14.9. The van der Waals surface area contributed by atoms with Crippen LogP contribution in [0.3, 0.4) is 0 Å². The Kier molecular flexibility index (Phi) is 6.74. The van der Waals surface area contributed by atoms with Gasteiger partial charge in [-0.25, -0.2) is 9.59 Å². The van der Waals surface area contributed by atoms with Crippen LogP contribution in [0.15, 0.2) is 39.3 Å². The highest BCUT2D eigenvalue weighted by Crippen LogP contribution is 2.67. The van der Waals surface area contributed by atoms with E-state index in [2.05, 4.69) is 24.8 Å². The van der Waals surface area contributed by atoms with Crippen molar-refractivity contribution in [2.75, 3.05) is 26.2 Å². The quantitative estimate of drug-likeness (QED) is 0.521. The molecule has 7 heteroatoms. The van der Waals surface area contributed by atoms with Crippen molar-refractivity contribution in [1.82, 2.24) is 9.80 Å². The van der Waals surface area contributed by atoms with Crippen molar-refractivity contribution in [3.05, 3.63) is 46.0 Å². The molecule has 6 rings (SSSR count). The number of aliphatic hydroxyl groups excluding tert-OH is 1. The molecule has 2 N–H and O–H groups in total. The highest BCUT2D eigenvalue weighted by Gasteiger charge is 2.58. The molecule has 1 aliphatic heterocycles. The lowest BCUT2D eigenvalue weighted by molar-refractivity contribution is -0.0707. The number of nitrogens with zero attached hydrogens (tertiary/aromatic N) is 2. The lowest BCUT2D eigenvalue weighted by atomic mass is 9.45. The molecule has 4 aliphatic carbocycles. The highest BCUT2D eigenvalue weighted by molar-refractivity contribution is 5.65. The Hall–Kier alpha value is -2.12. The smallest absolute Gasteiger partial charge is 0.407 e. The van der Waals surface area contributed by atoms with Gasteiger partial charge in [0.25, 0.3) is 0 Å². The number of allylic oxidation sites excluding steroid dienone is 2. The van der Waals surface area contributed by atoms with Crippen LogP contribution in [-0.4, -0.2) is 64.4 Å². The van der Waals surface area contributed by atoms with Crippen LogP contribution < -0.4 is 5.63 Å². The van der Waals surface area contributed by atoms with E-state index in [0.717, 1.165) is 44.2 Å². The van der Waals surface area contributed by atoms with Crippen LogP contribution in [0.1, 0.15) is 83.1 Å². The first-order chi connectivity index (χ1) is 18.2. The number of fused-ring (bicyclic) bond motifs is 5. The van der Waals surface area contributed by atoms with Crippen molar-refractivity contribution >= 4 is 6.09 Å². The van der Waals surface area contributed by atoms with Crippen LogP contribution in [0.4, 0.5) is 4.79 Å². The minimum Gasteiger partial charge on any atom is -0.465 e. The molecule has 0 unspecified atom stereocenters. The van der Waals surface area contributed by atoms with E-state index in [4.69, 9.17) is 4.42 Å². The Labute approximate surface area is 225 Å². The fraction of sp³-hybridized carbons (Fsp3) is 0.742. The summed E-state index contributed by atoms with van der Waals surface area (Å²) in [5.41, 5.74) is 2.90. The molecular weight excluding hydrogens is 480 g/mol. The fourth-order valence-corrected chi connectivity index (χ4v) is 9.62. The van der Waals surface area contributed by atoms with Crippen molar-refractivity contribution in [1.29, 1.82) is 0 Å². The number of hydrogen-bond acceptors (Lipinski definition) is 5. The predicted molar refractivity (Wildman–Crippen MR) is 145 cm³/mol. The number of aliphatic hydroxyl groups is 1. The number of hydrogen-bond donors (Lipinski definition) is 2. The molecule has 8 atom stereocenters. The van der Waals surface area contributed by atoms with Gasteiger partial charge in [0.15, 0.2) is 0 Å². The van der Waals surface area contributed by atoms with Crippen LogP contribution in [0, 0.1) is 28.6 Å². The molecular formula is C31H44N2O5. The zero-order valence-corrected chi connectivity index (χ0v) is 23.0. The zero-order chi connectivity index (χ0) is 26.7. The summed E-state index contributed by atoms with van der Waals surface area (Å²) in [6, 6.07) is 3.62. The third-order valence-corrected chi connectivity index (χ3v) is 11.8. The standard InChI is InChI=1S/C31H44N2O5/c1-30-12-9-22(33(29(36)37)16-15-32-14-11-23(34)18-32)17-21(30)4-5-24-26-7-6-25(20-3-8-28(35)38-19-20)31(26,2)13-10-27(24)30/h3,7-8,19,21-25,27,34H,4-6,9-18H2,1-2H3,(H,36,37)/t21-,22+,23+,24+,25-,27+,30+,31-/m1/s1. The third kappa shape index (κ3) is 4.34. The lowest BCUT2D eigenvalue weighted by Gasteiger charge is -2.60. The van der Waals surface area contributed by atoms with Gasteiger partial charge in [-0.1, -0.05) is 25.5 Å². The summed E-state index contributed by atoms with van der Waals surface area (Å²) in [5.74, 6) is 2.23. The minimum absolute atomic E-state index is 0.103. The summed E-state index contributed by atoms with van der Waals surface area (Å²) in [4.78, 5) is 27.7. The number of amides is 1. The van der Waals surface area contributed by atoms with Crippen LogP contribution in [0.5, 0.6) is 0 Å². The molecule has 208 valence electrons. The topological polar surface area (TPSA) is 94.2 Å². The Morgan fingerprint density at radius 3 is 2.71 bits per heavy atom. The molecule has 0 bridgehead atoms. The molecule has 2 heterocycles. The van der Waals surface area contributed by atoms with E-state index < -0.39 is 6.09 Å². The summed E-state index contributed by atoms with van der Waals surface area (Å²) >= 11 is 0. The Morgan fingerprint density at radius 2 is 2.00 bits per heavy atom. The van der Waals surface area contributed by atoms with Crippen LogP contribution in [-0.2, 0) is 0 Å². The van der Waals surface area contributed by atoms with Gasteiger partial charge in [-0.15, -0.1) is 0 Å². The maximum absolute atomic E-state index is 12.3. The normalized spacial score (nSPS) is 40.7. The van der Waals surface area contributed by atoms with E-state index in [1.165, 1.54) is 25.7 Å². The second-order valence-electron chi connectivity index (χ2n) is 13.4. The molecule has 1 aromatic rings. The first-order valence-electron chi connectivity index (χ1n) is 14.9. The van der Waals surface area contributed by atoms with Crippen molar-refractivity contribution < 1.29 is 19.4 Å². The molecule has 4 fully saturated rings. The van der Waals surface area contributed by atoms with Gasteiger partial charge in [-0.3, -0.25) is 4.90 Å². The van der Waals surface area contributed by atoms with E-state index in [9.17, 15) is 19.8 Å². The maximum atomic E-state index is 12.3. The predicted octanol–water partition coefficient (Wildman–Crippen LogP) is 5.10. The summed E-state index contributed by atoms with van der Waals surface area (Å²) in [6.45, 7) is 7.73. The molecule has 5 aliphatic rings. The van der Waals surface area contributed by atoms with E-state index >= 15 is 0 Å². The number of β-amino-alcohol motifs (C(OH)–C–C–N with tert-alkyl or cyclic N) is 1. The van der Waals surface area contributed by atoms with E-state index in [1.807, 2.05) is 6.07 Å². The average molecular weight is 525 g/mol. The Morgan fingerprint density at radius 1 is 1.16 bits per heavy atom. The van der Waals surface area contributed by atoms with Gasteiger partial charge >= 0.3 is 11.7 Å². The Balaban J connectivity index is 1.14. The van der Waals surface area contributed by atoms with Gasteiger partial charge in [0, 0.05) is 38.3 Å². The largest absolute Gasteiger partial charge is 0.465 e. The van der Waals surface area contributed by atoms with Gasteiger partial charge in [0.2, 0.25) is 0 Å². The van der Waals surface area contributed by atoms with E-state index in [1.54, 1.807) is 22.8 Å². The van der Waals surface area contributed by atoms with Crippen LogP contribution in [0.25, 0.3) is 0 Å². The molecule has 1 saturated heterocycles. The summed E-state index contributed by atoms with van der Waals surface area (Å²) < 4.78 is 5.25. The Bertz CT molecular complexity index is 1130. The van der Waals surface area contributed by atoms with Crippen molar-refractivity contribution in [3.63, 3.8) is 0 Å². The molecule has 38 heavy (non-hydrogen) atoms. The monoisotopic (exact) mass is 524 g/mol. The summed E-state index contributed by atoms with van der Waals surface area (Å²) in [7, 11) is 0. The van der Waals surface area contributed by atoms with E-state index in [0.29, 0.717) is 43.3 Å². The van der Waals surface area contributed by atoms with Crippen molar-refractivity contribution in [2.24, 2.45) is 28.6 Å². The second-order valence-corrected chi connectivity index (χ2v) is 13.4. The minimum atomic E-state index is -0.792. The molecule has 0 aromatic carbocycles. The van der Waals surface area contributed by atoms with E-state index in [-0.39, 0.29) is 28.6 Å². The molecule has 0 spiro atoms. The SMILES string of the molecule is C[C@]12CC[C@H](N(CCN3CC[C@H](O)C3)C(=O)O)C[C@H]1CC[C@H]1C3=CC[C@H](c4ccc(=O)oc4)[C@@]3(C)CC[C@@H]12. The van der Waals surface area contributed by atoms with Gasteiger partial charge in [-0.05, 0) is 104 Å². The number of likely N-dealkylation sites (tertiary alicyclic amines) is 1. The van der Waals surface area contributed by atoms with Gasteiger partial charge in [0.1, 0.15) is 0 Å². The second kappa shape index (κ2) is 9.81. The number of carboxylic acid groups (broad SMARTS) is 1. The molecule has 0 radical (unpaired) electrons. The molecule has 1 amide bonds. The molecule has 1 aromatic heterocycles. The fourth-order valence-electron chi connectivity index (χ4n) is 9.62. The van der Waals surface area contributed by atoms with Crippen molar-refractivity contribution in [2.45, 2.75) is 89.7 Å². The van der Waals surface area contributed by atoms with Crippen LogP contribution >= 0.6 is 0 Å². The summed E-state index contributed by atoms with van der Waals surface area (Å²) in [5, 5.41) is 19.9. The lowest BCUT2D eigenvalue weighted by Crippen LogP contribution is -2.55. The average Bonchev–Trinajstić information content (AvgIpc) is 3.47. The van der Waals surface area contributed by atoms with Gasteiger partial charge in [-0.2, -0.15) is 0 Å². The molecule has 7 nitrogen and oxygen atoms in total. The highest BCUT2D eigenvalue weighted by atomic mass is 16.4. The third-order valence-electron chi connectivity index (χ3n) is 11.8. The summed E-state index contributed by atoms with van der Waals surface area (Å²) in [6.07, 6.45) is 12.8.